The fourth-order valence-electron chi connectivity index (χ4n) is 1.52. The summed E-state index contributed by atoms with van der Waals surface area (Å²) < 4.78 is 10.9. The van der Waals surface area contributed by atoms with Gasteiger partial charge in [0, 0.05) is 0 Å². The lowest BCUT2D eigenvalue weighted by Gasteiger charge is -2.19. The minimum absolute atomic E-state index is 0.352. The molecule has 86 valence electrons. The van der Waals surface area contributed by atoms with Crippen LogP contribution in [0.3, 0.4) is 0 Å². The molecule has 1 unspecified atom stereocenters. The van der Waals surface area contributed by atoms with E-state index in [-0.39, 0.29) is 10.7 Å². The molecule has 1 aromatic rings. The number of rotatable bonds is 3. The molecule has 2 N–H and O–H groups in total. The lowest BCUT2D eigenvalue weighted by atomic mass is 10.1. The summed E-state index contributed by atoms with van der Waals surface area (Å²) in [6.07, 6.45) is 0.548. The highest BCUT2D eigenvalue weighted by Gasteiger charge is 2.15. The minimum atomic E-state index is -0.366. The van der Waals surface area contributed by atoms with Gasteiger partial charge >= 0.3 is 0 Å². The van der Waals surface area contributed by atoms with Crippen molar-refractivity contribution in [3.8, 4) is 11.5 Å². The van der Waals surface area contributed by atoms with Crippen LogP contribution in [0.5, 0.6) is 11.5 Å². The van der Waals surface area contributed by atoms with Crippen molar-refractivity contribution < 1.29 is 14.3 Å². The molecule has 0 saturated carbocycles. The van der Waals surface area contributed by atoms with Gasteiger partial charge in [0.05, 0.1) is 4.83 Å². The average Bonchev–Trinajstić information content (AvgIpc) is 2.28. The Morgan fingerprint density at radius 1 is 1.38 bits per heavy atom. The fourth-order valence-corrected chi connectivity index (χ4v) is 1.90. The predicted octanol–water partition coefficient (Wildman–Crippen LogP) is 1.25. The van der Waals surface area contributed by atoms with Gasteiger partial charge in [0.15, 0.2) is 11.5 Å². The Hall–Kier alpha value is -1.23. The second-order valence-electron chi connectivity index (χ2n) is 3.55. The first-order valence-corrected chi connectivity index (χ1v) is 5.90. The van der Waals surface area contributed by atoms with Crippen molar-refractivity contribution in [2.75, 3.05) is 13.2 Å². The number of halogens is 1. The first-order chi connectivity index (χ1) is 7.66. The van der Waals surface area contributed by atoms with Gasteiger partial charge in [0.2, 0.25) is 5.91 Å². The van der Waals surface area contributed by atoms with Crippen LogP contribution in [0, 0.1) is 0 Å². The molecule has 1 aliphatic heterocycles. The van der Waals surface area contributed by atoms with Gasteiger partial charge in [-0.15, -0.1) is 0 Å². The third kappa shape index (κ3) is 2.47. The van der Waals surface area contributed by atoms with E-state index in [2.05, 4.69) is 15.9 Å². The molecule has 0 fully saturated rings. The van der Waals surface area contributed by atoms with Crippen LogP contribution in [0.15, 0.2) is 18.2 Å². The third-order valence-electron chi connectivity index (χ3n) is 2.33. The monoisotopic (exact) mass is 285 g/mol. The van der Waals surface area contributed by atoms with E-state index < -0.39 is 0 Å². The summed E-state index contributed by atoms with van der Waals surface area (Å²) in [5.74, 6) is 1.11. The Labute approximate surface area is 102 Å². The molecular weight excluding hydrogens is 274 g/mol. The maximum atomic E-state index is 10.9. The highest BCUT2D eigenvalue weighted by Crippen LogP contribution is 2.31. The van der Waals surface area contributed by atoms with E-state index in [9.17, 15) is 4.79 Å². The zero-order valence-electron chi connectivity index (χ0n) is 8.61. The van der Waals surface area contributed by atoms with Crippen molar-refractivity contribution in [2.45, 2.75) is 11.2 Å². The standard InChI is InChI=1S/C11H12BrNO3/c12-8(11(13)14)5-7-1-2-9-10(6-7)16-4-3-15-9/h1-2,6,8H,3-5H2,(H2,13,14). The number of carbonyl (C=O) groups excluding carboxylic acids is 1. The molecule has 1 aliphatic rings. The number of benzene rings is 1. The number of nitrogens with two attached hydrogens (primary N) is 1. The zero-order valence-corrected chi connectivity index (χ0v) is 10.2. The van der Waals surface area contributed by atoms with Crippen LogP contribution in [0.1, 0.15) is 5.56 Å². The molecule has 0 aliphatic carbocycles. The molecule has 0 radical (unpaired) electrons. The van der Waals surface area contributed by atoms with Crippen LogP contribution < -0.4 is 15.2 Å². The van der Waals surface area contributed by atoms with E-state index in [4.69, 9.17) is 15.2 Å². The van der Waals surface area contributed by atoms with E-state index in [1.165, 1.54) is 0 Å². The summed E-state index contributed by atoms with van der Waals surface area (Å²) in [4.78, 5) is 10.6. The van der Waals surface area contributed by atoms with Crippen LogP contribution >= 0.6 is 15.9 Å². The SMILES string of the molecule is NC(=O)C(Br)Cc1ccc2c(c1)OCCO2. The van der Waals surface area contributed by atoms with Gasteiger partial charge in [-0.05, 0) is 24.1 Å². The molecule has 1 heterocycles. The average molecular weight is 286 g/mol. The molecule has 0 bridgehead atoms. The van der Waals surface area contributed by atoms with Crippen LogP contribution in [0.2, 0.25) is 0 Å². The maximum Gasteiger partial charge on any atom is 0.231 e. The van der Waals surface area contributed by atoms with Crippen molar-refractivity contribution in [3.05, 3.63) is 23.8 Å². The lowest BCUT2D eigenvalue weighted by Crippen LogP contribution is -2.25. The highest BCUT2D eigenvalue weighted by molar-refractivity contribution is 9.10. The van der Waals surface area contributed by atoms with Gasteiger partial charge in [0.25, 0.3) is 0 Å². The van der Waals surface area contributed by atoms with Gasteiger partial charge < -0.3 is 15.2 Å². The molecule has 2 rings (SSSR count). The Morgan fingerprint density at radius 2 is 2.06 bits per heavy atom. The number of primary amides is 1. The zero-order chi connectivity index (χ0) is 11.5. The first kappa shape index (κ1) is 11.3. The van der Waals surface area contributed by atoms with Gasteiger partial charge in [-0.1, -0.05) is 22.0 Å². The molecule has 5 heteroatoms. The van der Waals surface area contributed by atoms with Crippen LogP contribution in [0.25, 0.3) is 0 Å². The Kier molecular flexibility index (Phi) is 3.33. The van der Waals surface area contributed by atoms with Crippen LogP contribution in [-0.2, 0) is 11.2 Å². The second-order valence-corrected chi connectivity index (χ2v) is 4.66. The molecule has 0 spiro atoms. The first-order valence-electron chi connectivity index (χ1n) is 4.99. The number of alkyl halides is 1. The molecular formula is C11H12BrNO3. The van der Waals surface area contributed by atoms with E-state index in [1.807, 2.05) is 18.2 Å². The fraction of sp³-hybridized carbons (Fsp3) is 0.364. The van der Waals surface area contributed by atoms with E-state index in [0.717, 1.165) is 17.1 Å². The molecule has 1 amide bonds. The minimum Gasteiger partial charge on any atom is -0.486 e. The Bertz CT molecular complexity index is 408. The third-order valence-corrected chi connectivity index (χ3v) is 3.11. The largest absolute Gasteiger partial charge is 0.486 e. The van der Waals surface area contributed by atoms with Crippen LogP contribution in [-0.4, -0.2) is 23.9 Å². The normalized spacial score (nSPS) is 15.6. The molecule has 1 aromatic carbocycles. The number of ether oxygens (including phenoxy) is 2. The summed E-state index contributed by atoms with van der Waals surface area (Å²) in [6, 6.07) is 5.64. The number of carbonyl (C=O) groups is 1. The molecule has 16 heavy (non-hydrogen) atoms. The number of amides is 1. The van der Waals surface area contributed by atoms with Crippen LogP contribution in [0.4, 0.5) is 0 Å². The molecule has 0 aromatic heterocycles. The smallest absolute Gasteiger partial charge is 0.231 e. The number of hydrogen-bond donors (Lipinski definition) is 1. The summed E-state index contributed by atoms with van der Waals surface area (Å²) in [5, 5.41) is 0. The van der Waals surface area contributed by atoms with Crippen molar-refractivity contribution in [1.82, 2.24) is 0 Å². The van der Waals surface area contributed by atoms with Gasteiger partial charge in [-0.3, -0.25) is 4.79 Å². The second kappa shape index (κ2) is 4.74. The van der Waals surface area contributed by atoms with Gasteiger partial charge in [-0.2, -0.15) is 0 Å². The summed E-state index contributed by atoms with van der Waals surface area (Å²) in [5.41, 5.74) is 6.17. The summed E-state index contributed by atoms with van der Waals surface area (Å²) in [7, 11) is 0. The van der Waals surface area contributed by atoms with Gasteiger partial charge in [-0.25, -0.2) is 0 Å². The topological polar surface area (TPSA) is 61.6 Å². The number of fused-ring (bicyclic) bond motifs is 1. The number of hydrogen-bond acceptors (Lipinski definition) is 3. The highest BCUT2D eigenvalue weighted by atomic mass is 79.9. The quantitative estimate of drug-likeness (QED) is 0.851. The predicted molar refractivity (Wildman–Crippen MR) is 63.0 cm³/mol. The van der Waals surface area contributed by atoms with E-state index >= 15 is 0 Å². The Balaban J connectivity index is 2.14. The Morgan fingerprint density at radius 3 is 2.75 bits per heavy atom. The van der Waals surface area contributed by atoms with Crippen molar-refractivity contribution in [1.29, 1.82) is 0 Å². The van der Waals surface area contributed by atoms with Crippen molar-refractivity contribution in [3.63, 3.8) is 0 Å². The van der Waals surface area contributed by atoms with Crippen molar-refractivity contribution >= 4 is 21.8 Å². The maximum absolute atomic E-state index is 10.9. The summed E-state index contributed by atoms with van der Waals surface area (Å²) >= 11 is 3.23. The van der Waals surface area contributed by atoms with Gasteiger partial charge in [0.1, 0.15) is 13.2 Å². The van der Waals surface area contributed by atoms with E-state index in [0.29, 0.717) is 19.6 Å². The molecule has 4 nitrogen and oxygen atoms in total. The molecule has 1 atom stereocenters. The molecule has 0 saturated heterocycles. The van der Waals surface area contributed by atoms with E-state index in [1.54, 1.807) is 0 Å². The van der Waals surface area contributed by atoms with Crippen molar-refractivity contribution in [2.24, 2.45) is 5.73 Å². The summed E-state index contributed by atoms with van der Waals surface area (Å²) in [6.45, 7) is 1.14. The lowest BCUT2D eigenvalue weighted by molar-refractivity contribution is -0.117.